The smallest absolute Gasteiger partial charge is 0.336 e. The molecule has 0 atom stereocenters. The van der Waals surface area contributed by atoms with E-state index in [1.165, 1.54) is 7.11 Å². The van der Waals surface area contributed by atoms with Gasteiger partial charge in [-0.3, -0.25) is 10.1 Å². The summed E-state index contributed by atoms with van der Waals surface area (Å²) in [5, 5.41) is 9.09. The standard InChI is InChI=1S/C10H8BrClN4O2/c1-18-10-14-9(15-16-10)13-8(17)6-3-2-5(11)4-7(6)12/h2-4H,1H3,(H2,13,14,15,16,17). The van der Waals surface area contributed by atoms with E-state index in [4.69, 9.17) is 16.3 Å². The SMILES string of the molecule is COc1n[nH]c(NC(=O)c2ccc(Br)cc2Cl)n1. The van der Waals surface area contributed by atoms with Crippen LogP contribution in [-0.2, 0) is 0 Å². The van der Waals surface area contributed by atoms with Gasteiger partial charge in [0.1, 0.15) is 0 Å². The van der Waals surface area contributed by atoms with Gasteiger partial charge in [-0.1, -0.05) is 27.5 Å². The fourth-order valence-corrected chi connectivity index (χ4v) is 2.00. The van der Waals surface area contributed by atoms with Gasteiger partial charge in [0.15, 0.2) is 0 Å². The van der Waals surface area contributed by atoms with Crippen molar-refractivity contribution in [2.75, 3.05) is 12.4 Å². The van der Waals surface area contributed by atoms with Crippen LogP contribution in [0.2, 0.25) is 5.02 Å². The molecule has 0 aliphatic carbocycles. The quantitative estimate of drug-likeness (QED) is 0.905. The Kier molecular flexibility index (Phi) is 3.83. The largest absolute Gasteiger partial charge is 0.466 e. The first kappa shape index (κ1) is 12.8. The number of aromatic amines is 1. The average Bonchev–Trinajstić information content (AvgIpc) is 2.76. The fraction of sp³-hybridized carbons (Fsp3) is 0.100. The second-order valence-corrected chi connectivity index (χ2v) is 4.57. The first-order valence-corrected chi connectivity index (χ1v) is 6.00. The number of anilines is 1. The number of nitrogens with one attached hydrogen (secondary N) is 2. The van der Waals surface area contributed by atoms with Crippen molar-refractivity contribution in [3.63, 3.8) is 0 Å². The van der Waals surface area contributed by atoms with Gasteiger partial charge in [0, 0.05) is 4.47 Å². The summed E-state index contributed by atoms with van der Waals surface area (Å²) in [5.41, 5.74) is 0.343. The Morgan fingerprint density at radius 2 is 2.33 bits per heavy atom. The molecule has 0 aliphatic heterocycles. The zero-order valence-corrected chi connectivity index (χ0v) is 11.5. The van der Waals surface area contributed by atoms with E-state index >= 15 is 0 Å². The zero-order valence-electron chi connectivity index (χ0n) is 9.20. The molecule has 0 bridgehead atoms. The molecule has 94 valence electrons. The van der Waals surface area contributed by atoms with Crippen LogP contribution in [0.15, 0.2) is 22.7 Å². The van der Waals surface area contributed by atoms with Crippen LogP contribution in [-0.4, -0.2) is 28.2 Å². The summed E-state index contributed by atoms with van der Waals surface area (Å²) in [6.07, 6.45) is 0. The van der Waals surface area contributed by atoms with E-state index in [0.29, 0.717) is 10.6 Å². The summed E-state index contributed by atoms with van der Waals surface area (Å²) >= 11 is 9.23. The van der Waals surface area contributed by atoms with E-state index in [1.807, 2.05) is 0 Å². The monoisotopic (exact) mass is 330 g/mol. The Balaban J connectivity index is 2.16. The van der Waals surface area contributed by atoms with Gasteiger partial charge >= 0.3 is 6.01 Å². The third kappa shape index (κ3) is 2.80. The number of H-pyrrole nitrogens is 1. The minimum absolute atomic E-state index is 0.146. The molecular weight excluding hydrogens is 323 g/mol. The second-order valence-electron chi connectivity index (χ2n) is 3.25. The number of hydrogen-bond acceptors (Lipinski definition) is 4. The number of hydrogen-bond donors (Lipinski definition) is 2. The molecule has 2 N–H and O–H groups in total. The van der Waals surface area contributed by atoms with E-state index in [0.717, 1.165) is 4.47 Å². The molecule has 2 rings (SSSR count). The molecular formula is C10H8BrClN4O2. The van der Waals surface area contributed by atoms with Crippen molar-refractivity contribution in [2.45, 2.75) is 0 Å². The van der Waals surface area contributed by atoms with Gasteiger partial charge < -0.3 is 4.74 Å². The average molecular weight is 332 g/mol. The zero-order chi connectivity index (χ0) is 13.1. The minimum atomic E-state index is -0.383. The van der Waals surface area contributed by atoms with Crippen LogP contribution in [0.3, 0.4) is 0 Å². The van der Waals surface area contributed by atoms with Crippen molar-refractivity contribution < 1.29 is 9.53 Å². The lowest BCUT2D eigenvalue weighted by atomic mass is 10.2. The Morgan fingerprint density at radius 3 is 2.94 bits per heavy atom. The van der Waals surface area contributed by atoms with Gasteiger partial charge in [0.25, 0.3) is 5.91 Å². The number of rotatable bonds is 3. The fourth-order valence-electron chi connectivity index (χ4n) is 1.24. The maximum atomic E-state index is 11.9. The van der Waals surface area contributed by atoms with E-state index in [-0.39, 0.29) is 17.9 Å². The molecule has 0 spiro atoms. The lowest BCUT2D eigenvalue weighted by Gasteiger charge is -2.03. The van der Waals surface area contributed by atoms with Crippen LogP contribution in [0.4, 0.5) is 5.95 Å². The number of amides is 1. The van der Waals surface area contributed by atoms with Gasteiger partial charge in [-0.15, -0.1) is 5.10 Å². The van der Waals surface area contributed by atoms with Gasteiger partial charge in [-0.25, -0.2) is 5.10 Å². The van der Waals surface area contributed by atoms with E-state index < -0.39 is 0 Å². The lowest BCUT2D eigenvalue weighted by molar-refractivity contribution is 0.102. The van der Waals surface area contributed by atoms with Gasteiger partial charge in [0.2, 0.25) is 5.95 Å². The second kappa shape index (κ2) is 5.36. The summed E-state index contributed by atoms with van der Waals surface area (Å²) in [6.45, 7) is 0. The molecule has 1 aromatic carbocycles. The number of carbonyl (C=O) groups is 1. The van der Waals surface area contributed by atoms with Crippen molar-refractivity contribution in [1.82, 2.24) is 15.2 Å². The highest BCUT2D eigenvalue weighted by atomic mass is 79.9. The summed E-state index contributed by atoms with van der Waals surface area (Å²) in [5.74, 6) is -0.192. The minimum Gasteiger partial charge on any atom is -0.466 e. The summed E-state index contributed by atoms with van der Waals surface area (Å²) in [7, 11) is 1.43. The Labute approximate surface area is 116 Å². The molecule has 8 heteroatoms. The Bertz CT molecular complexity index is 587. The molecule has 6 nitrogen and oxygen atoms in total. The van der Waals surface area contributed by atoms with Crippen LogP contribution in [0.5, 0.6) is 6.01 Å². The highest BCUT2D eigenvalue weighted by molar-refractivity contribution is 9.10. The summed E-state index contributed by atoms with van der Waals surface area (Å²) in [4.78, 5) is 15.8. The third-order valence-corrected chi connectivity index (χ3v) is 2.86. The lowest BCUT2D eigenvalue weighted by Crippen LogP contribution is -2.13. The number of nitrogens with zero attached hydrogens (tertiary/aromatic N) is 2. The molecule has 2 aromatic rings. The first-order valence-electron chi connectivity index (χ1n) is 4.83. The Hall–Kier alpha value is -1.60. The molecule has 0 saturated heterocycles. The van der Waals surface area contributed by atoms with Crippen LogP contribution in [0, 0.1) is 0 Å². The number of benzene rings is 1. The third-order valence-electron chi connectivity index (χ3n) is 2.06. The number of aromatic nitrogens is 3. The summed E-state index contributed by atoms with van der Waals surface area (Å²) in [6, 6.07) is 5.11. The molecule has 0 fully saturated rings. The van der Waals surface area contributed by atoms with Crippen molar-refractivity contribution in [1.29, 1.82) is 0 Å². The Morgan fingerprint density at radius 1 is 1.56 bits per heavy atom. The van der Waals surface area contributed by atoms with Gasteiger partial charge in [-0.2, -0.15) is 4.98 Å². The topological polar surface area (TPSA) is 79.9 Å². The predicted octanol–water partition coefficient (Wildman–Crippen LogP) is 2.48. The first-order chi connectivity index (χ1) is 8.60. The maximum Gasteiger partial charge on any atom is 0.336 e. The van der Waals surface area contributed by atoms with E-state index in [2.05, 4.69) is 36.4 Å². The highest BCUT2D eigenvalue weighted by Gasteiger charge is 2.13. The number of methoxy groups -OCH3 is 1. The molecule has 1 amide bonds. The molecule has 18 heavy (non-hydrogen) atoms. The predicted molar refractivity (Wildman–Crippen MR) is 70.0 cm³/mol. The van der Waals surface area contributed by atoms with Gasteiger partial charge in [0.05, 0.1) is 17.7 Å². The van der Waals surface area contributed by atoms with Crippen molar-refractivity contribution in [3.05, 3.63) is 33.3 Å². The molecule has 1 heterocycles. The molecule has 1 aromatic heterocycles. The molecule has 0 saturated carbocycles. The van der Waals surface area contributed by atoms with Crippen molar-refractivity contribution in [2.24, 2.45) is 0 Å². The van der Waals surface area contributed by atoms with Gasteiger partial charge in [-0.05, 0) is 18.2 Å². The normalized spacial score (nSPS) is 10.2. The molecule has 0 unspecified atom stereocenters. The summed E-state index contributed by atoms with van der Waals surface area (Å²) < 4.78 is 5.58. The van der Waals surface area contributed by atoms with Crippen LogP contribution in [0.1, 0.15) is 10.4 Å². The van der Waals surface area contributed by atoms with Crippen molar-refractivity contribution >= 4 is 39.4 Å². The maximum absolute atomic E-state index is 11.9. The number of halogens is 2. The van der Waals surface area contributed by atoms with E-state index in [1.54, 1.807) is 18.2 Å². The van der Waals surface area contributed by atoms with Crippen molar-refractivity contribution in [3.8, 4) is 6.01 Å². The number of ether oxygens (including phenoxy) is 1. The van der Waals surface area contributed by atoms with Crippen LogP contribution < -0.4 is 10.1 Å². The highest BCUT2D eigenvalue weighted by Crippen LogP contribution is 2.22. The van der Waals surface area contributed by atoms with E-state index in [9.17, 15) is 4.79 Å². The molecule has 0 aliphatic rings. The molecule has 0 radical (unpaired) electrons. The van der Waals surface area contributed by atoms with Crippen LogP contribution in [0.25, 0.3) is 0 Å². The van der Waals surface area contributed by atoms with Crippen LogP contribution >= 0.6 is 27.5 Å². The number of carbonyl (C=O) groups excluding carboxylic acids is 1.